The summed E-state index contributed by atoms with van der Waals surface area (Å²) < 4.78 is 0. The van der Waals surface area contributed by atoms with E-state index in [0.29, 0.717) is 18.3 Å². The Morgan fingerprint density at radius 2 is 2.26 bits per heavy atom. The van der Waals surface area contributed by atoms with Crippen molar-refractivity contribution in [2.45, 2.75) is 38.6 Å². The SMILES string of the molecule is Cc1ccc(NC(=O)CCC2CCCN2)nc1.Cl.Cl. The highest BCUT2D eigenvalue weighted by Crippen LogP contribution is 2.11. The predicted molar refractivity (Wildman–Crippen MR) is 82.4 cm³/mol. The fraction of sp³-hybridized carbons (Fsp3) is 0.538. The molecule has 1 aromatic rings. The second kappa shape index (κ2) is 9.13. The number of halogens is 2. The fourth-order valence-corrected chi connectivity index (χ4v) is 2.06. The molecule has 1 unspecified atom stereocenters. The summed E-state index contributed by atoms with van der Waals surface area (Å²) in [4.78, 5) is 15.8. The number of nitrogens with one attached hydrogen (secondary N) is 2. The van der Waals surface area contributed by atoms with E-state index in [9.17, 15) is 4.79 Å². The quantitative estimate of drug-likeness (QED) is 0.899. The monoisotopic (exact) mass is 305 g/mol. The van der Waals surface area contributed by atoms with Gasteiger partial charge in [-0.05, 0) is 44.4 Å². The lowest BCUT2D eigenvalue weighted by Gasteiger charge is -2.09. The van der Waals surface area contributed by atoms with Gasteiger partial charge in [-0.1, -0.05) is 6.07 Å². The molecular weight excluding hydrogens is 285 g/mol. The summed E-state index contributed by atoms with van der Waals surface area (Å²) in [5.41, 5.74) is 1.10. The standard InChI is InChI=1S/C13H19N3O.2ClH/c1-10-4-6-12(15-9-10)16-13(17)7-5-11-3-2-8-14-11;;/h4,6,9,11,14H,2-3,5,7-8H2,1H3,(H,15,16,17);2*1H. The minimum absolute atomic E-state index is 0. The lowest BCUT2D eigenvalue weighted by atomic mass is 10.1. The fourth-order valence-electron chi connectivity index (χ4n) is 2.06. The van der Waals surface area contributed by atoms with E-state index in [4.69, 9.17) is 0 Å². The first-order valence-corrected chi connectivity index (χ1v) is 6.20. The molecule has 0 radical (unpaired) electrons. The van der Waals surface area contributed by atoms with E-state index in [2.05, 4.69) is 15.6 Å². The van der Waals surface area contributed by atoms with E-state index in [1.165, 1.54) is 12.8 Å². The minimum atomic E-state index is 0. The van der Waals surface area contributed by atoms with E-state index < -0.39 is 0 Å². The Morgan fingerprint density at radius 1 is 1.47 bits per heavy atom. The van der Waals surface area contributed by atoms with Gasteiger partial charge in [0.1, 0.15) is 5.82 Å². The van der Waals surface area contributed by atoms with E-state index >= 15 is 0 Å². The number of carbonyl (C=O) groups excluding carboxylic acids is 1. The van der Waals surface area contributed by atoms with Gasteiger partial charge < -0.3 is 10.6 Å². The van der Waals surface area contributed by atoms with Gasteiger partial charge >= 0.3 is 0 Å². The summed E-state index contributed by atoms with van der Waals surface area (Å²) >= 11 is 0. The third kappa shape index (κ3) is 6.23. The Kier molecular flexibility index (Phi) is 8.72. The third-order valence-corrected chi connectivity index (χ3v) is 3.06. The Labute approximate surface area is 126 Å². The molecule has 1 atom stereocenters. The van der Waals surface area contributed by atoms with Crippen molar-refractivity contribution in [1.29, 1.82) is 0 Å². The van der Waals surface area contributed by atoms with Gasteiger partial charge in [-0.15, -0.1) is 24.8 Å². The highest BCUT2D eigenvalue weighted by Gasteiger charge is 2.15. The molecule has 19 heavy (non-hydrogen) atoms. The molecule has 1 aliphatic heterocycles. The lowest BCUT2D eigenvalue weighted by molar-refractivity contribution is -0.116. The third-order valence-electron chi connectivity index (χ3n) is 3.06. The van der Waals surface area contributed by atoms with Crippen LogP contribution in [0.15, 0.2) is 18.3 Å². The molecule has 2 N–H and O–H groups in total. The zero-order valence-corrected chi connectivity index (χ0v) is 12.6. The highest BCUT2D eigenvalue weighted by molar-refractivity contribution is 5.89. The van der Waals surface area contributed by atoms with E-state index in [1.807, 2.05) is 19.1 Å². The van der Waals surface area contributed by atoms with Crippen molar-refractivity contribution < 1.29 is 4.79 Å². The van der Waals surface area contributed by atoms with Crippen molar-refractivity contribution in [2.75, 3.05) is 11.9 Å². The van der Waals surface area contributed by atoms with Crippen molar-refractivity contribution in [2.24, 2.45) is 0 Å². The molecule has 1 aliphatic rings. The topological polar surface area (TPSA) is 54.0 Å². The first-order chi connectivity index (χ1) is 8.24. The molecule has 108 valence electrons. The Bertz CT molecular complexity index is 378. The zero-order chi connectivity index (χ0) is 12.1. The highest BCUT2D eigenvalue weighted by atomic mass is 35.5. The number of amides is 1. The maximum Gasteiger partial charge on any atom is 0.225 e. The Balaban J connectivity index is 0.00000162. The average Bonchev–Trinajstić information content (AvgIpc) is 2.83. The smallest absolute Gasteiger partial charge is 0.225 e. The zero-order valence-electron chi connectivity index (χ0n) is 11.0. The molecule has 6 heteroatoms. The van der Waals surface area contributed by atoms with Crippen molar-refractivity contribution in [3.63, 3.8) is 0 Å². The van der Waals surface area contributed by atoms with Gasteiger partial charge in [0.15, 0.2) is 0 Å². The summed E-state index contributed by atoms with van der Waals surface area (Å²) in [6.45, 7) is 3.07. The molecule has 1 amide bonds. The molecule has 0 bridgehead atoms. The van der Waals surface area contributed by atoms with Crippen molar-refractivity contribution in [3.8, 4) is 0 Å². The van der Waals surface area contributed by atoms with Crippen LogP contribution in [0.2, 0.25) is 0 Å². The number of hydrogen-bond donors (Lipinski definition) is 2. The molecule has 0 aromatic carbocycles. The predicted octanol–water partition coefficient (Wildman–Crippen LogP) is 2.70. The van der Waals surface area contributed by atoms with Gasteiger partial charge in [0, 0.05) is 18.7 Å². The average molecular weight is 306 g/mol. The van der Waals surface area contributed by atoms with Crippen LogP contribution in [0.4, 0.5) is 5.82 Å². The molecular formula is C13H21Cl2N3O. The molecule has 1 fully saturated rings. The summed E-state index contributed by atoms with van der Waals surface area (Å²) in [5, 5.41) is 6.20. The van der Waals surface area contributed by atoms with Gasteiger partial charge in [0.2, 0.25) is 5.91 Å². The molecule has 0 spiro atoms. The van der Waals surface area contributed by atoms with Gasteiger partial charge in [0.25, 0.3) is 0 Å². The molecule has 4 nitrogen and oxygen atoms in total. The van der Waals surface area contributed by atoms with E-state index in [1.54, 1.807) is 6.20 Å². The number of carbonyl (C=O) groups is 1. The Hall–Kier alpha value is -0.840. The van der Waals surface area contributed by atoms with Crippen molar-refractivity contribution >= 4 is 36.5 Å². The van der Waals surface area contributed by atoms with Crippen LogP contribution in [-0.4, -0.2) is 23.5 Å². The van der Waals surface area contributed by atoms with Gasteiger partial charge in [-0.25, -0.2) is 4.98 Å². The van der Waals surface area contributed by atoms with Gasteiger partial charge in [-0.3, -0.25) is 4.79 Å². The van der Waals surface area contributed by atoms with Crippen LogP contribution >= 0.6 is 24.8 Å². The molecule has 0 aliphatic carbocycles. The lowest BCUT2D eigenvalue weighted by Crippen LogP contribution is -2.23. The maximum absolute atomic E-state index is 11.7. The maximum atomic E-state index is 11.7. The largest absolute Gasteiger partial charge is 0.314 e. The number of hydrogen-bond acceptors (Lipinski definition) is 3. The van der Waals surface area contributed by atoms with Gasteiger partial charge in [0.05, 0.1) is 0 Å². The molecule has 0 saturated carbocycles. The van der Waals surface area contributed by atoms with Crippen LogP contribution in [0.3, 0.4) is 0 Å². The first-order valence-electron chi connectivity index (χ1n) is 6.20. The van der Waals surface area contributed by atoms with Crippen LogP contribution in [0.25, 0.3) is 0 Å². The van der Waals surface area contributed by atoms with Crippen molar-refractivity contribution in [1.82, 2.24) is 10.3 Å². The van der Waals surface area contributed by atoms with Crippen LogP contribution < -0.4 is 10.6 Å². The number of aromatic nitrogens is 1. The number of aryl methyl sites for hydroxylation is 1. The number of anilines is 1. The van der Waals surface area contributed by atoms with E-state index in [0.717, 1.165) is 18.5 Å². The number of rotatable bonds is 4. The molecule has 2 rings (SSSR count). The number of nitrogens with zero attached hydrogens (tertiary/aromatic N) is 1. The second-order valence-electron chi connectivity index (χ2n) is 4.60. The van der Waals surface area contributed by atoms with Crippen LogP contribution in [-0.2, 0) is 4.79 Å². The first kappa shape index (κ1) is 18.2. The summed E-state index contributed by atoms with van der Waals surface area (Å²) in [6, 6.07) is 4.30. The summed E-state index contributed by atoms with van der Waals surface area (Å²) in [5.74, 6) is 0.690. The molecule has 1 saturated heterocycles. The van der Waals surface area contributed by atoms with E-state index in [-0.39, 0.29) is 30.7 Å². The van der Waals surface area contributed by atoms with Gasteiger partial charge in [-0.2, -0.15) is 0 Å². The van der Waals surface area contributed by atoms with Crippen molar-refractivity contribution in [3.05, 3.63) is 23.9 Å². The Morgan fingerprint density at radius 3 is 2.84 bits per heavy atom. The van der Waals surface area contributed by atoms with Crippen LogP contribution in [0, 0.1) is 6.92 Å². The summed E-state index contributed by atoms with van der Waals surface area (Å²) in [7, 11) is 0. The van der Waals surface area contributed by atoms with Crippen LogP contribution in [0.1, 0.15) is 31.2 Å². The second-order valence-corrected chi connectivity index (χ2v) is 4.60. The molecule has 1 aromatic heterocycles. The van der Waals surface area contributed by atoms with Crippen LogP contribution in [0.5, 0.6) is 0 Å². The minimum Gasteiger partial charge on any atom is -0.314 e. The number of pyridine rings is 1. The summed E-state index contributed by atoms with van der Waals surface area (Å²) in [6.07, 6.45) is 5.65. The molecule has 2 heterocycles. The normalized spacial score (nSPS) is 17.2.